The van der Waals surface area contributed by atoms with Crippen LogP contribution in [0.15, 0.2) is 34.9 Å². The maximum Gasteiger partial charge on any atom is 0.257 e. The zero-order valence-electron chi connectivity index (χ0n) is 15.2. The minimum atomic E-state index is -0.218. The number of hydrogen-bond acceptors (Lipinski definition) is 6. The van der Waals surface area contributed by atoms with Crippen molar-refractivity contribution in [2.75, 3.05) is 20.1 Å². The molecule has 1 aliphatic carbocycles. The van der Waals surface area contributed by atoms with Crippen molar-refractivity contribution < 1.29 is 14.1 Å². The van der Waals surface area contributed by atoms with Crippen LogP contribution < -0.4 is 0 Å². The second kappa shape index (κ2) is 7.17. The lowest BCUT2D eigenvalue weighted by molar-refractivity contribution is -0.0838. The van der Waals surface area contributed by atoms with E-state index in [4.69, 9.17) is 9.26 Å². The van der Waals surface area contributed by atoms with Crippen molar-refractivity contribution in [1.29, 1.82) is 0 Å². The van der Waals surface area contributed by atoms with Gasteiger partial charge in [0.25, 0.3) is 11.8 Å². The fourth-order valence-corrected chi connectivity index (χ4v) is 3.41. The van der Waals surface area contributed by atoms with Crippen LogP contribution in [0.3, 0.4) is 0 Å². The maximum atomic E-state index is 12.8. The molecule has 0 bridgehead atoms. The summed E-state index contributed by atoms with van der Waals surface area (Å²) in [6.07, 6.45) is 1.95. The van der Waals surface area contributed by atoms with Crippen molar-refractivity contribution >= 4 is 5.91 Å². The van der Waals surface area contributed by atoms with E-state index >= 15 is 0 Å². The van der Waals surface area contributed by atoms with Crippen molar-refractivity contribution in [3.05, 3.63) is 47.6 Å². The zero-order valence-corrected chi connectivity index (χ0v) is 15.2. The van der Waals surface area contributed by atoms with E-state index in [1.54, 1.807) is 0 Å². The summed E-state index contributed by atoms with van der Waals surface area (Å²) in [6, 6.07) is 9.61. The molecule has 1 aromatic heterocycles. The van der Waals surface area contributed by atoms with Gasteiger partial charge in [0.2, 0.25) is 0 Å². The molecule has 7 heteroatoms. The Bertz CT molecular complexity index is 749. The van der Waals surface area contributed by atoms with Crippen LogP contribution in [-0.4, -0.2) is 58.1 Å². The lowest BCUT2D eigenvalue weighted by Gasteiger charge is -2.32. The molecule has 2 aromatic rings. The summed E-state index contributed by atoms with van der Waals surface area (Å²) >= 11 is 0. The highest BCUT2D eigenvalue weighted by molar-refractivity contribution is 5.94. The standard InChI is InChI=1S/C19H24N4O3/c1-13-10-22(2)11-16(25-13)18-20-17(21-26-18)12-23(15-8-9-15)19(24)14-6-4-3-5-7-14/h3-7,13,15-16H,8-12H2,1-2H3/t13-,16-/m1/s1. The molecule has 4 rings (SSSR count). The van der Waals surface area contributed by atoms with E-state index in [1.165, 1.54) is 0 Å². The van der Waals surface area contributed by atoms with Gasteiger partial charge in [-0.25, -0.2) is 0 Å². The number of ether oxygens (including phenoxy) is 1. The van der Waals surface area contributed by atoms with Crippen molar-refractivity contribution in [3.8, 4) is 0 Å². The Balaban J connectivity index is 1.47. The van der Waals surface area contributed by atoms with Gasteiger partial charge in [-0.2, -0.15) is 4.98 Å². The minimum absolute atomic E-state index is 0.0155. The molecular weight excluding hydrogens is 332 g/mol. The Kier molecular flexibility index (Phi) is 4.74. The van der Waals surface area contributed by atoms with E-state index in [0.717, 1.165) is 25.9 Å². The number of nitrogens with zero attached hydrogens (tertiary/aromatic N) is 4. The second-order valence-electron chi connectivity index (χ2n) is 7.24. The van der Waals surface area contributed by atoms with Gasteiger partial charge in [-0.3, -0.25) is 4.79 Å². The molecule has 7 nitrogen and oxygen atoms in total. The Hall–Kier alpha value is -2.25. The Morgan fingerprint density at radius 2 is 2.04 bits per heavy atom. The third-order valence-electron chi connectivity index (χ3n) is 4.78. The SMILES string of the molecule is C[C@@H]1CN(C)C[C@H](c2nc(CN(C(=O)c3ccccc3)C3CC3)no2)O1. The van der Waals surface area contributed by atoms with Gasteiger partial charge in [-0.05, 0) is 38.9 Å². The number of aromatic nitrogens is 2. The Morgan fingerprint density at radius 1 is 1.27 bits per heavy atom. The third-order valence-corrected chi connectivity index (χ3v) is 4.78. The summed E-state index contributed by atoms with van der Waals surface area (Å²) in [4.78, 5) is 21.4. The molecule has 2 fully saturated rings. The van der Waals surface area contributed by atoms with Crippen molar-refractivity contribution in [3.63, 3.8) is 0 Å². The van der Waals surface area contributed by atoms with Crippen LogP contribution in [0.1, 0.15) is 47.9 Å². The second-order valence-corrected chi connectivity index (χ2v) is 7.24. The number of amides is 1. The lowest BCUT2D eigenvalue weighted by Crippen LogP contribution is -2.40. The van der Waals surface area contributed by atoms with E-state index < -0.39 is 0 Å². The molecule has 26 heavy (non-hydrogen) atoms. The molecule has 2 heterocycles. The summed E-state index contributed by atoms with van der Waals surface area (Å²) < 4.78 is 11.4. The summed E-state index contributed by atoms with van der Waals surface area (Å²) in [5.41, 5.74) is 0.689. The Morgan fingerprint density at radius 3 is 2.73 bits per heavy atom. The summed E-state index contributed by atoms with van der Waals surface area (Å²) in [5.74, 6) is 1.03. The van der Waals surface area contributed by atoms with Gasteiger partial charge in [-0.1, -0.05) is 23.4 Å². The van der Waals surface area contributed by atoms with Crippen LogP contribution in [0.25, 0.3) is 0 Å². The predicted molar refractivity (Wildman–Crippen MR) is 94.4 cm³/mol. The van der Waals surface area contributed by atoms with Gasteiger partial charge in [0, 0.05) is 24.7 Å². The monoisotopic (exact) mass is 356 g/mol. The molecule has 1 aliphatic heterocycles. The summed E-state index contributed by atoms with van der Waals surface area (Å²) in [5, 5.41) is 4.09. The smallest absolute Gasteiger partial charge is 0.257 e. The summed E-state index contributed by atoms with van der Waals surface area (Å²) in [7, 11) is 2.05. The number of carbonyl (C=O) groups is 1. The number of benzene rings is 1. The molecule has 0 N–H and O–H groups in total. The van der Waals surface area contributed by atoms with E-state index in [9.17, 15) is 4.79 Å². The number of rotatable bonds is 5. The molecule has 1 saturated carbocycles. The van der Waals surface area contributed by atoms with E-state index in [-0.39, 0.29) is 24.2 Å². The molecule has 0 spiro atoms. The molecule has 138 valence electrons. The molecule has 0 radical (unpaired) electrons. The molecule has 2 aliphatic rings. The van der Waals surface area contributed by atoms with Crippen LogP contribution in [0, 0.1) is 0 Å². The van der Waals surface area contributed by atoms with Crippen molar-refractivity contribution in [2.45, 2.75) is 44.6 Å². The van der Waals surface area contributed by atoms with Gasteiger partial charge in [0.05, 0.1) is 12.6 Å². The third kappa shape index (κ3) is 3.78. The average molecular weight is 356 g/mol. The van der Waals surface area contributed by atoms with Gasteiger partial charge in [0.1, 0.15) is 6.10 Å². The first-order valence-corrected chi connectivity index (χ1v) is 9.12. The number of hydrogen-bond donors (Lipinski definition) is 0. The molecule has 0 unspecified atom stereocenters. The first-order valence-electron chi connectivity index (χ1n) is 9.12. The quantitative estimate of drug-likeness (QED) is 0.818. The van der Waals surface area contributed by atoms with Crippen molar-refractivity contribution in [1.82, 2.24) is 19.9 Å². The first kappa shape index (κ1) is 17.2. The molecule has 1 aromatic carbocycles. The molecular formula is C19H24N4O3. The zero-order chi connectivity index (χ0) is 18.1. The maximum absolute atomic E-state index is 12.8. The van der Waals surface area contributed by atoms with Gasteiger partial charge < -0.3 is 19.1 Å². The van der Waals surface area contributed by atoms with E-state index in [0.29, 0.717) is 23.8 Å². The summed E-state index contributed by atoms with van der Waals surface area (Å²) in [6.45, 7) is 4.01. The van der Waals surface area contributed by atoms with Crippen LogP contribution in [0.4, 0.5) is 0 Å². The van der Waals surface area contributed by atoms with E-state index in [2.05, 4.69) is 22.1 Å². The predicted octanol–water partition coefficient (Wildman–Crippen LogP) is 2.27. The normalized spacial score (nSPS) is 23.8. The fourth-order valence-electron chi connectivity index (χ4n) is 3.41. The van der Waals surface area contributed by atoms with Crippen LogP contribution in [0.2, 0.25) is 0 Å². The fraction of sp³-hybridized carbons (Fsp3) is 0.526. The number of likely N-dealkylation sites (N-methyl/N-ethyl adjacent to an activating group) is 1. The highest BCUT2D eigenvalue weighted by Crippen LogP contribution is 2.30. The average Bonchev–Trinajstić information content (AvgIpc) is 3.37. The first-order chi connectivity index (χ1) is 12.6. The molecule has 1 amide bonds. The molecule has 2 atom stereocenters. The topological polar surface area (TPSA) is 71.7 Å². The number of morpholine rings is 1. The van der Waals surface area contributed by atoms with E-state index in [1.807, 2.05) is 42.2 Å². The largest absolute Gasteiger partial charge is 0.363 e. The number of carbonyl (C=O) groups excluding carboxylic acids is 1. The Labute approximate surface area is 152 Å². The van der Waals surface area contributed by atoms with Crippen molar-refractivity contribution in [2.24, 2.45) is 0 Å². The van der Waals surface area contributed by atoms with Gasteiger partial charge in [-0.15, -0.1) is 0 Å². The molecule has 1 saturated heterocycles. The minimum Gasteiger partial charge on any atom is -0.363 e. The van der Waals surface area contributed by atoms with Crippen LogP contribution >= 0.6 is 0 Å². The van der Waals surface area contributed by atoms with Gasteiger partial charge in [0.15, 0.2) is 5.82 Å². The van der Waals surface area contributed by atoms with Crippen LogP contribution in [-0.2, 0) is 11.3 Å². The highest BCUT2D eigenvalue weighted by Gasteiger charge is 2.35. The lowest BCUT2D eigenvalue weighted by atomic mass is 10.2. The van der Waals surface area contributed by atoms with Gasteiger partial charge >= 0.3 is 0 Å². The van der Waals surface area contributed by atoms with Crippen LogP contribution in [0.5, 0.6) is 0 Å². The highest BCUT2D eigenvalue weighted by atomic mass is 16.5.